The minimum absolute atomic E-state index is 0.0222. The number of halogens is 1. The van der Waals surface area contributed by atoms with Gasteiger partial charge in [0.15, 0.2) is 5.96 Å². The number of hydrogen-bond donors (Lipinski definition) is 2. The number of benzene rings is 1. The second kappa shape index (κ2) is 8.55. The summed E-state index contributed by atoms with van der Waals surface area (Å²) in [6.45, 7) is 9.46. The first-order valence-corrected chi connectivity index (χ1v) is 9.80. The number of aromatic nitrogens is 2. The number of hydrogen-bond acceptors (Lipinski definition) is 2. The van der Waals surface area contributed by atoms with Crippen molar-refractivity contribution in [1.29, 1.82) is 0 Å². The van der Waals surface area contributed by atoms with Crippen LogP contribution in [0.2, 0.25) is 0 Å². The summed E-state index contributed by atoms with van der Waals surface area (Å²) in [5.74, 6) is 2.14. The summed E-state index contributed by atoms with van der Waals surface area (Å²) in [4.78, 5) is 9.14. The van der Waals surface area contributed by atoms with Crippen molar-refractivity contribution in [3.05, 3.63) is 53.9 Å². The Morgan fingerprint density at radius 2 is 2.15 bits per heavy atom. The third-order valence-corrected chi connectivity index (χ3v) is 4.97. The fourth-order valence-electron chi connectivity index (χ4n) is 3.33. The molecule has 27 heavy (non-hydrogen) atoms. The van der Waals surface area contributed by atoms with E-state index < -0.39 is 0 Å². The molecule has 5 nitrogen and oxygen atoms in total. The Labute approximate surface area is 161 Å². The molecule has 1 heterocycles. The molecule has 0 amide bonds. The zero-order chi connectivity index (χ0) is 19.3. The third kappa shape index (κ3) is 5.08. The Hall–Kier alpha value is -2.37. The van der Waals surface area contributed by atoms with Crippen molar-refractivity contribution in [2.75, 3.05) is 13.1 Å². The Bertz CT molecular complexity index is 776. The highest BCUT2D eigenvalue weighted by atomic mass is 19.1. The number of rotatable bonds is 8. The fourth-order valence-corrected chi connectivity index (χ4v) is 3.33. The van der Waals surface area contributed by atoms with Crippen molar-refractivity contribution in [2.45, 2.75) is 52.1 Å². The smallest absolute Gasteiger partial charge is 0.191 e. The van der Waals surface area contributed by atoms with E-state index in [1.165, 1.54) is 6.07 Å². The average molecular weight is 372 g/mol. The first-order chi connectivity index (χ1) is 13.0. The molecule has 1 fully saturated rings. The van der Waals surface area contributed by atoms with Crippen LogP contribution in [0.3, 0.4) is 0 Å². The molecule has 3 rings (SSSR count). The first-order valence-electron chi connectivity index (χ1n) is 9.80. The molecule has 0 atom stereocenters. The van der Waals surface area contributed by atoms with Crippen LogP contribution in [0.5, 0.6) is 0 Å². The SMILES string of the molecule is CCNC(=NCc1nccn1CC(C)C)NCC1(c2cccc(F)c2)CC1. The zero-order valence-corrected chi connectivity index (χ0v) is 16.5. The van der Waals surface area contributed by atoms with Crippen LogP contribution >= 0.6 is 0 Å². The second-order valence-electron chi connectivity index (χ2n) is 7.73. The number of nitrogens with zero attached hydrogens (tertiary/aromatic N) is 3. The van der Waals surface area contributed by atoms with Gasteiger partial charge >= 0.3 is 0 Å². The van der Waals surface area contributed by atoms with Crippen molar-refractivity contribution in [2.24, 2.45) is 10.9 Å². The normalized spacial score (nSPS) is 15.8. The summed E-state index contributed by atoms with van der Waals surface area (Å²) >= 11 is 0. The molecule has 2 N–H and O–H groups in total. The molecule has 0 bridgehead atoms. The molecule has 146 valence electrons. The molecule has 1 aliphatic rings. The lowest BCUT2D eigenvalue weighted by atomic mass is 9.96. The molecule has 1 saturated carbocycles. The van der Waals surface area contributed by atoms with Gasteiger partial charge in [0, 0.05) is 37.4 Å². The second-order valence-corrected chi connectivity index (χ2v) is 7.73. The minimum Gasteiger partial charge on any atom is -0.357 e. The molecular formula is C21H30FN5. The van der Waals surface area contributed by atoms with Crippen LogP contribution in [0, 0.1) is 11.7 Å². The van der Waals surface area contributed by atoms with E-state index in [0.717, 1.165) is 49.8 Å². The van der Waals surface area contributed by atoms with Gasteiger partial charge in [-0.25, -0.2) is 14.4 Å². The lowest BCUT2D eigenvalue weighted by molar-refractivity contribution is 0.507. The lowest BCUT2D eigenvalue weighted by Crippen LogP contribution is -2.41. The maximum atomic E-state index is 13.6. The van der Waals surface area contributed by atoms with Gasteiger partial charge in [-0.1, -0.05) is 26.0 Å². The Balaban J connectivity index is 1.64. The maximum Gasteiger partial charge on any atom is 0.191 e. The van der Waals surface area contributed by atoms with Gasteiger partial charge in [0.1, 0.15) is 18.2 Å². The number of aliphatic imine (C=N–C) groups is 1. The molecule has 1 aromatic heterocycles. The van der Waals surface area contributed by atoms with Crippen LogP contribution in [0.1, 0.15) is 45.0 Å². The van der Waals surface area contributed by atoms with Gasteiger partial charge in [-0.2, -0.15) is 0 Å². The third-order valence-electron chi connectivity index (χ3n) is 4.97. The van der Waals surface area contributed by atoms with E-state index in [1.807, 2.05) is 18.5 Å². The molecular weight excluding hydrogens is 341 g/mol. The van der Waals surface area contributed by atoms with Gasteiger partial charge in [-0.15, -0.1) is 0 Å². The van der Waals surface area contributed by atoms with Gasteiger partial charge in [-0.3, -0.25) is 0 Å². The maximum absolute atomic E-state index is 13.6. The van der Waals surface area contributed by atoms with E-state index in [0.29, 0.717) is 12.5 Å². The quantitative estimate of drug-likeness (QED) is 0.552. The molecule has 6 heteroatoms. The van der Waals surface area contributed by atoms with Crippen LogP contribution in [-0.4, -0.2) is 28.6 Å². The van der Waals surface area contributed by atoms with Gasteiger partial charge in [0.25, 0.3) is 0 Å². The highest BCUT2D eigenvalue weighted by Crippen LogP contribution is 2.47. The van der Waals surface area contributed by atoms with E-state index in [2.05, 4.69) is 41.0 Å². The highest BCUT2D eigenvalue weighted by molar-refractivity contribution is 5.79. The molecule has 1 aromatic carbocycles. The van der Waals surface area contributed by atoms with Crippen LogP contribution in [-0.2, 0) is 18.5 Å². The first kappa shape index (κ1) is 19.4. The summed E-state index contributed by atoms with van der Waals surface area (Å²) in [5.41, 5.74) is 1.09. The average Bonchev–Trinajstić information content (AvgIpc) is 3.31. The molecule has 0 radical (unpaired) electrons. The number of nitrogens with one attached hydrogen (secondary N) is 2. The highest BCUT2D eigenvalue weighted by Gasteiger charge is 2.44. The van der Waals surface area contributed by atoms with E-state index in [1.54, 1.807) is 12.1 Å². The van der Waals surface area contributed by atoms with Crippen LogP contribution in [0.4, 0.5) is 4.39 Å². The van der Waals surface area contributed by atoms with Crippen molar-refractivity contribution < 1.29 is 4.39 Å². The Morgan fingerprint density at radius 1 is 1.33 bits per heavy atom. The molecule has 0 aliphatic heterocycles. The summed E-state index contributed by atoms with van der Waals surface area (Å²) in [7, 11) is 0. The summed E-state index contributed by atoms with van der Waals surface area (Å²) in [6, 6.07) is 6.96. The number of guanidine groups is 1. The Kier molecular flexibility index (Phi) is 6.14. The number of imidazole rings is 1. The fraction of sp³-hybridized carbons (Fsp3) is 0.524. The van der Waals surface area contributed by atoms with Gasteiger partial charge in [-0.05, 0) is 43.4 Å². The van der Waals surface area contributed by atoms with Gasteiger partial charge < -0.3 is 15.2 Å². The standard InChI is InChI=1S/C21H30FN5/c1-4-23-20(25-13-19-24-10-11-27(19)14-16(2)3)26-15-21(8-9-21)17-6-5-7-18(22)12-17/h5-7,10-12,16H,4,8-9,13-15H2,1-3H3,(H2,23,25,26). The topological polar surface area (TPSA) is 54.2 Å². The molecule has 0 spiro atoms. The predicted molar refractivity (Wildman–Crippen MR) is 107 cm³/mol. The molecule has 1 aliphatic carbocycles. The predicted octanol–water partition coefficient (Wildman–Crippen LogP) is 3.47. The van der Waals surface area contributed by atoms with E-state index >= 15 is 0 Å². The molecule has 2 aromatic rings. The van der Waals surface area contributed by atoms with Crippen LogP contribution < -0.4 is 10.6 Å². The van der Waals surface area contributed by atoms with Gasteiger partial charge in [0.05, 0.1) is 0 Å². The summed E-state index contributed by atoms with van der Waals surface area (Å²) < 4.78 is 15.7. The summed E-state index contributed by atoms with van der Waals surface area (Å²) in [6.07, 6.45) is 5.98. The monoisotopic (exact) mass is 371 g/mol. The lowest BCUT2D eigenvalue weighted by Gasteiger charge is -2.19. The van der Waals surface area contributed by atoms with Gasteiger partial charge in [0.2, 0.25) is 0 Å². The van der Waals surface area contributed by atoms with Crippen molar-refractivity contribution >= 4 is 5.96 Å². The van der Waals surface area contributed by atoms with Crippen molar-refractivity contribution in [3.63, 3.8) is 0 Å². The molecule has 0 unspecified atom stereocenters. The van der Waals surface area contributed by atoms with Crippen molar-refractivity contribution in [1.82, 2.24) is 20.2 Å². The largest absolute Gasteiger partial charge is 0.357 e. The van der Waals surface area contributed by atoms with E-state index in [9.17, 15) is 4.39 Å². The zero-order valence-electron chi connectivity index (χ0n) is 16.5. The van der Waals surface area contributed by atoms with Crippen LogP contribution in [0.25, 0.3) is 0 Å². The summed E-state index contributed by atoms with van der Waals surface area (Å²) in [5, 5.41) is 6.74. The van der Waals surface area contributed by atoms with Crippen LogP contribution in [0.15, 0.2) is 41.7 Å². The minimum atomic E-state index is -0.170. The van der Waals surface area contributed by atoms with E-state index in [-0.39, 0.29) is 11.2 Å². The Morgan fingerprint density at radius 3 is 2.81 bits per heavy atom. The van der Waals surface area contributed by atoms with Crippen molar-refractivity contribution in [3.8, 4) is 0 Å². The molecule has 0 saturated heterocycles. The van der Waals surface area contributed by atoms with E-state index in [4.69, 9.17) is 4.99 Å².